The molecule has 3 aromatic rings. The molecule has 1 aliphatic carbocycles. The summed E-state index contributed by atoms with van der Waals surface area (Å²) in [6, 6.07) is 33.2. The van der Waals surface area contributed by atoms with E-state index in [1.54, 1.807) is 10.9 Å². The predicted molar refractivity (Wildman–Crippen MR) is 126 cm³/mol. The van der Waals surface area contributed by atoms with Crippen molar-refractivity contribution in [3.05, 3.63) is 113 Å². The third-order valence-electron chi connectivity index (χ3n) is 4.94. The van der Waals surface area contributed by atoms with Crippen LogP contribution in [-0.2, 0) is 0 Å². The first-order valence-corrected chi connectivity index (χ1v) is 13.1. The Morgan fingerprint density at radius 1 is 0.714 bits per heavy atom. The fraction of sp³-hybridized carbons (Fsp3) is 0.154. The van der Waals surface area contributed by atoms with E-state index in [2.05, 4.69) is 102 Å². The molecule has 4 rings (SSSR count). The Bertz CT molecular complexity index is 890. The zero-order valence-electron chi connectivity index (χ0n) is 16.0. The number of allylic oxidation sites excluding steroid dienone is 3. The van der Waals surface area contributed by atoms with E-state index >= 15 is 0 Å². The van der Waals surface area contributed by atoms with Gasteiger partial charge in [0.2, 0.25) is 0 Å². The van der Waals surface area contributed by atoms with Gasteiger partial charge in [-0.3, -0.25) is 0 Å². The molecule has 0 aromatic heterocycles. The van der Waals surface area contributed by atoms with Gasteiger partial charge in [0.25, 0.3) is 0 Å². The molecule has 0 atom stereocenters. The summed E-state index contributed by atoms with van der Waals surface area (Å²) < 4.78 is 1.44. The molecular formula is C26H25PSe. The van der Waals surface area contributed by atoms with Gasteiger partial charge in [0.15, 0.2) is 0 Å². The average molecular weight is 447 g/mol. The Hall–Kier alpha value is -1.91. The first kappa shape index (κ1) is 19.4. The van der Waals surface area contributed by atoms with E-state index in [0.29, 0.717) is 15.0 Å². The SMILES string of the molecule is C1=C(/C(=C\[Se]c2ccccc2)P(c2ccccc2)c2ccccc2)CCCC1. The van der Waals surface area contributed by atoms with Gasteiger partial charge < -0.3 is 0 Å². The molecule has 0 radical (unpaired) electrons. The van der Waals surface area contributed by atoms with E-state index in [1.807, 2.05) is 0 Å². The van der Waals surface area contributed by atoms with Crippen LogP contribution >= 0.6 is 7.92 Å². The molecule has 2 heteroatoms. The molecule has 0 fully saturated rings. The summed E-state index contributed by atoms with van der Waals surface area (Å²) in [5.41, 5.74) is 1.59. The molecule has 0 heterocycles. The molecule has 0 amide bonds. The molecule has 0 N–H and O–H groups in total. The number of rotatable bonds is 6. The Balaban J connectivity index is 1.80. The van der Waals surface area contributed by atoms with Crippen LogP contribution in [0.1, 0.15) is 25.7 Å². The molecule has 0 bridgehead atoms. The molecule has 0 nitrogen and oxygen atoms in total. The maximum atomic E-state index is 2.57. The topological polar surface area (TPSA) is 0 Å². The monoisotopic (exact) mass is 448 g/mol. The van der Waals surface area contributed by atoms with Crippen molar-refractivity contribution in [1.82, 2.24) is 0 Å². The Morgan fingerprint density at radius 2 is 1.29 bits per heavy atom. The van der Waals surface area contributed by atoms with Gasteiger partial charge in [-0.25, -0.2) is 0 Å². The number of benzene rings is 3. The second-order valence-corrected chi connectivity index (χ2v) is 11.1. The second kappa shape index (κ2) is 10.0. The van der Waals surface area contributed by atoms with E-state index in [4.69, 9.17) is 0 Å². The molecule has 0 saturated carbocycles. The van der Waals surface area contributed by atoms with Gasteiger partial charge in [-0.15, -0.1) is 0 Å². The fourth-order valence-electron chi connectivity index (χ4n) is 3.55. The molecule has 140 valence electrons. The Morgan fingerprint density at radius 3 is 1.82 bits per heavy atom. The van der Waals surface area contributed by atoms with E-state index in [-0.39, 0.29) is 0 Å². The number of hydrogen-bond acceptors (Lipinski definition) is 0. The molecule has 28 heavy (non-hydrogen) atoms. The quantitative estimate of drug-likeness (QED) is 0.346. The predicted octanol–water partition coefficient (Wildman–Crippen LogP) is 5.49. The van der Waals surface area contributed by atoms with Gasteiger partial charge in [0.05, 0.1) is 0 Å². The van der Waals surface area contributed by atoms with E-state index < -0.39 is 7.92 Å². The van der Waals surface area contributed by atoms with Crippen molar-refractivity contribution in [3.8, 4) is 0 Å². The van der Waals surface area contributed by atoms with E-state index in [1.165, 1.54) is 40.8 Å². The van der Waals surface area contributed by atoms with Crippen LogP contribution in [0.15, 0.2) is 113 Å². The summed E-state index contributed by atoms with van der Waals surface area (Å²) in [5, 5.41) is 4.48. The van der Waals surface area contributed by atoms with Gasteiger partial charge in [0.1, 0.15) is 0 Å². The number of hydrogen-bond donors (Lipinski definition) is 0. The van der Waals surface area contributed by atoms with Gasteiger partial charge in [0, 0.05) is 0 Å². The fourth-order valence-corrected chi connectivity index (χ4v) is 8.37. The standard InChI is InChI=1S/C26H25PSe/c1-5-13-22(14-6-1)26(21-28-25-19-11-4-12-20-25)27(23-15-7-2-8-16-23)24-17-9-3-10-18-24/h2-4,7-13,15-21H,1,5-6,14H2/b26-21+. The van der Waals surface area contributed by atoms with Crippen LogP contribution in [-0.4, -0.2) is 15.0 Å². The molecule has 0 saturated heterocycles. The minimum atomic E-state index is -0.525. The van der Waals surface area contributed by atoms with Crippen LogP contribution in [0.5, 0.6) is 0 Å². The van der Waals surface area contributed by atoms with Gasteiger partial charge >= 0.3 is 177 Å². The van der Waals surface area contributed by atoms with Crippen molar-refractivity contribution < 1.29 is 0 Å². The van der Waals surface area contributed by atoms with Crippen LogP contribution in [0.4, 0.5) is 0 Å². The third kappa shape index (κ3) is 4.92. The van der Waals surface area contributed by atoms with Gasteiger partial charge in [-0.2, -0.15) is 0 Å². The molecule has 0 unspecified atom stereocenters. The third-order valence-corrected chi connectivity index (χ3v) is 9.74. The van der Waals surface area contributed by atoms with E-state index in [0.717, 1.165) is 0 Å². The van der Waals surface area contributed by atoms with E-state index in [9.17, 15) is 0 Å². The summed E-state index contributed by atoms with van der Waals surface area (Å²) >= 11 is 0.346. The first-order chi connectivity index (χ1) is 13.9. The summed E-state index contributed by atoms with van der Waals surface area (Å²) in [4.78, 5) is 2.57. The summed E-state index contributed by atoms with van der Waals surface area (Å²) in [6.45, 7) is 0. The molecule has 0 aliphatic heterocycles. The van der Waals surface area contributed by atoms with Gasteiger partial charge in [-0.05, 0) is 0 Å². The molecule has 0 spiro atoms. The summed E-state index contributed by atoms with van der Waals surface area (Å²) in [7, 11) is -0.525. The maximum absolute atomic E-state index is 2.57. The van der Waals surface area contributed by atoms with Gasteiger partial charge in [-0.1, -0.05) is 0 Å². The average Bonchev–Trinajstić information content (AvgIpc) is 2.79. The van der Waals surface area contributed by atoms with Crippen molar-refractivity contribution in [1.29, 1.82) is 0 Å². The zero-order chi connectivity index (χ0) is 19.0. The Kier molecular flexibility index (Phi) is 6.96. The van der Waals surface area contributed by atoms with Crippen molar-refractivity contribution in [2.24, 2.45) is 0 Å². The summed E-state index contributed by atoms with van der Waals surface area (Å²) in [5.74, 6) is 0. The van der Waals surface area contributed by atoms with Crippen molar-refractivity contribution in [2.75, 3.05) is 0 Å². The molecular weight excluding hydrogens is 422 g/mol. The second-order valence-electron chi connectivity index (χ2n) is 6.92. The Labute approximate surface area is 176 Å². The molecule has 1 aliphatic rings. The zero-order valence-corrected chi connectivity index (χ0v) is 18.6. The normalized spacial score (nSPS) is 14.8. The van der Waals surface area contributed by atoms with Crippen LogP contribution in [0, 0.1) is 0 Å². The summed E-state index contributed by atoms with van der Waals surface area (Å²) in [6.07, 6.45) is 7.59. The van der Waals surface area contributed by atoms with Crippen molar-refractivity contribution in [2.45, 2.75) is 25.7 Å². The molecule has 3 aromatic carbocycles. The van der Waals surface area contributed by atoms with Crippen LogP contribution in [0.25, 0.3) is 0 Å². The van der Waals surface area contributed by atoms with Crippen LogP contribution < -0.4 is 15.1 Å². The first-order valence-electron chi connectivity index (χ1n) is 9.93. The van der Waals surface area contributed by atoms with Crippen molar-refractivity contribution >= 4 is 37.9 Å². The van der Waals surface area contributed by atoms with Crippen LogP contribution in [0.3, 0.4) is 0 Å². The van der Waals surface area contributed by atoms with Crippen LogP contribution in [0.2, 0.25) is 0 Å². The van der Waals surface area contributed by atoms with Crippen molar-refractivity contribution in [3.63, 3.8) is 0 Å². The minimum absolute atomic E-state index is 0.346.